The summed E-state index contributed by atoms with van der Waals surface area (Å²) in [5.74, 6) is 2.92. The molecule has 1 fully saturated rings. The quantitative estimate of drug-likeness (QED) is 0.499. The Morgan fingerprint density at radius 1 is 1.09 bits per heavy atom. The first-order chi connectivity index (χ1) is 15.6. The monoisotopic (exact) mass is 437 g/mol. The van der Waals surface area contributed by atoms with Crippen LogP contribution in [0.5, 0.6) is 17.2 Å². The van der Waals surface area contributed by atoms with Crippen molar-refractivity contribution in [3.8, 4) is 28.6 Å². The van der Waals surface area contributed by atoms with Crippen molar-refractivity contribution in [3.63, 3.8) is 0 Å². The zero-order chi connectivity index (χ0) is 22.5. The van der Waals surface area contributed by atoms with Gasteiger partial charge in [-0.25, -0.2) is 0 Å². The predicted octanol–water partition coefficient (Wildman–Crippen LogP) is 4.06. The van der Waals surface area contributed by atoms with Crippen molar-refractivity contribution >= 4 is 5.91 Å². The van der Waals surface area contributed by atoms with Crippen molar-refractivity contribution in [1.82, 2.24) is 15.0 Å². The number of benzene rings is 2. The molecule has 0 saturated carbocycles. The molecule has 0 radical (unpaired) electrons. The number of nitrogens with zero attached hydrogens (tertiary/aromatic N) is 3. The molecule has 8 heteroatoms. The third-order valence-corrected chi connectivity index (χ3v) is 5.42. The maximum Gasteiger partial charge on any atom is 0.232 e. The molecular weight excluding hydrogens is 410 g/mol. The van der Waals surface area contributed by atoms with Crippen molar-refractivity contribution in [2.24, 2.45) is 0 Å². The van der Waals surface area contributed by atoms with Crippen LogP contribution < -0.4 is 14.2 Å². The molecule has 1 aliphatic rings. The SMILES string of the molecule is CCCOc1ccc(CN2CC(c3nc(-c4ccc(OC)c(OC)c4)no3)CC2=O)cc1. The second-order valence-corrected chi connectivity index (χ2v) is 7.69. The minimum Gasteiger partial charge on any atom is -0.494 e. The van der Waals surface area contributed by atoms with Crippen molar-refractivity contribution in [3.05, 3.63) is 53.9 Å². The van der Waals surface area contributed by atoms with Gasteiger partial charge >= 0.3 is 0 Å². The lowest BCUT2D eigenvalue weighted by atomic mass is 10.1. The van der Waals surface area contributed by atoms with E-state index in [0.717, 1.165) is 23.3 Å². The van der Waals surface area contributed by atoms with E-state index in [0.29, 0.717) is 49.3 Å². The summed E-state index contributed by atoms with van der Waals surface area (Å²) in [6, 6.07) is 13.3. The lowest BCUT2D eigenvalue weighted by Gasteiger charge is -2.16. The fraction of sp³-hybridized carbons (Fsp3) is 0.375. The molecule has 0 N–H and O–H groups in total. The fourth-order valence-electron chi connectivity index (χ4n) is 3.72. The number of likely N-dealkylation sites (tertiary alicyclic amines) is 1. The summed E-state index contributed by atoms with van der Waals surface area (Å²) >= 11 is 0. The standard InChI is InChI=1S/C24H27N3O5/c1-4-11-31-19-8-5-16(6-9-19)14-27-15-18(13-22(27)28)24-25-23(26-32-24)17-7-10-20(29-2)21(12-17)30-3/h5-10,12,18H,4,11,13-15H2,1-3H3. The number of carbonyl (C=O) groups excluding carboxylic acids is 1. The van der Waals surface area contributed by atoms with Gasteiger partial charge in [0.1, 0.15) is 5.75 Å². The fourth-order valence-corrected chi connectivity index (χ4v) is 3.72. The first-order valence-corrected chi connectivity index (χ1v) is 10.7. The highest BCUT2D eigenvalue weighted by molar-refractivity contribution is 5.79. The van der Waals surface area contributed by atoms with Crippen LogP contribution in [0.25, 0.3) is 11.4 Å². The van der Waals surface area contributed by atoms with Gasteiger partial charge in [-0.3, -0.25) is 4.79 Å². The Kier molecular flexibility index (Phi) is 6.58. The first kappa shape index (κ1) is 21.7. The van der Waals surface area contributed by atoms with Gasteiger partial charge in [-0.2, -0.15) is 4.98 Å². The molecule has 1 atom stereocenters. The van der Waals surface area contributed by atoms with E-state index in [1.807, 2.05) is 35.2 Å². The van der Waals surface area contributed by atoms with E-state index < -0.39 is 0 Å². The number of rotatable bonds is 9. The Bertz CT molecular complexity index is 1060. The van der Waals surface area contributed by atoms with E-state index >= 15 is 0 Å². The van der Waals surface area contributed by atoms with Crippen LogP contribution >= 0.6 is 0 Å². The maximum absolute atomic E-state index is 12.6. The van der Waals surface area contributed by atoms with Crippen LogP contribution in [0.1, 0.15) is 37.1 Å². The van der Waals surface area contributed by atoms with Crippen LogP contribution in [0.4, 0.5) is 0 Å². The molecule has 1 unspecified atom stereocenters. The highest BCUT2D eigenvalue weighted by Gasteiger charge is 2.34. The van der Waals surface area contributed by atoms with Crippen molar-refractivity contribution in [1.29, 1.82) is 0 Å². The van der Waals surface area contributed by atoms with E-state index in [1.54, 1.807) is 26.4 Å². The molecule has 8 nitrogen and oxygen atoms in total. The average molecular weight is 437 g/mol. The highest BCUT2D eigenvalue weighted by Crippen LogP contribution is 2.33. The third kappa shape index (κ3) is 4.69. The maximum atomic E-state index is 12.6. The molecule has 1 aliphatic heterocycles. The van der Waals surface area contributed by atoms with Gasteiger partial charge in [-0.05, 0) is 42.3 Å². The van der Waals surface area contributed by atoms with Gasteiger partial charge < -0.3 is 23.6 Å². The molecule has 4 rings (SSSR count). The van der Waals surface area contributed by atoms with E-state index in [9.17, 15) is 4.79 Å². The van der Waals surface area contributed by atoms with Crippen LogP contribution in [0, 0.1) is 0 Å². The Hall–Kier alpha value is -3.55. The van der Waals surface area contributed by atoms with E-state index in [1.165, 1.54) is 0 Å². The van der Waals surface area contributed by atoms with E-state index in [-0.39, 0.29) is 11.8 Å². The van der Waals surface area contributed by atoms with Gasteiger partial charge in [0.15, 0.2) is 11.5 Å². The summed E-state index contributed by atoms with van der Waals surface area (Å²) in [5.41, 5.74) is 1.81. The summed E-state index contributed by atoms with van der Waals surface area (Å²) in [6.45, 7) is 3.85. The van der Waals surface area contributed by atoms with Crippen LogP contribution in [0.15, 0.2) is 47.0 Å². The number of hydrogen-bond donors (Lipinski definition) is 0. The van der Waals surface area contributed by atoms with Crippen LogP contribution in [0.2, 0.25) is 0 Å². The Morgan fingerprint density at radius 2 is 1.88 bits per heavy atom. The van der Waals surface area contributed by atoms with Crippen molar-refractivity contribution < 1.29 is 23.5 Å². The minimum absolute atomic E-state index is 0.0761. The lowest BCUT2D eigenvalue weighted by Crippen LogP contribution is -2.24. The second-order valence-electron chi connectivity index (χ2n) is 7.69. The largest absolute Gasteiger partial charge is 0.494 e. The van der Waals surface area contributed by atoms with E-state index in [4.69, 9.17) is 18.7 Å². The molecular formula is C24H27N3O5. The minimum atomic E-state index is -0.129. The molecule has 168 valence electrons. The Balaban J connectivity index is 1.42. The van der Waals surface area contributed by atoms with Gasteiger partial charge in [-0.15, -0.1) is 0 Å². The molecule has 32 heavy (non-hydrogen) atoms. The summed E-state index contributed by atoms with van der Waals surface area (Å²) < 4.78 is 21.7. The molecule has 2 heterocycles. The van der Waals surface area contributed by atoms with E-state index in [2.05, 4.69) is 17.1 Å². The van der Waals surface area contributed by atoms with Gasteiger partial charge in [-0.1, -0.05) is 24.2 Å². The topological polar surface area (TPSA) is 86.9 Å². The van der Waals surface area contributed by atoms with Crippen LogP contribution in [-0.2, 0) is 11.3 Å². The molecule has 3 aromatic rings. The number of methoxy groups -OCH3 is 2. The normalized spacial score (nSPS) is 15.8. The Labute approximate surface area is 187 Å². The van der Waals surface area contributed by atoms with Crippen LogP contribution in [-0.4, -0.2) is 48.3 Å². The third-order valence-electron chi connectivity index (χ3n) is 5.42. The number of amides is 1. The summed E-state index contributed by atoms with van der Waals surface area (Å²) in [6.07, 6.45) is 1.32. The van der Waals surface area contributed by atoms with Crippen LogP contribution in [0.3, 0.4) is 0 Å². The second kappa shape index (κ2) is 9.72. The average Bonchev–Trinajstić information content (AvgIpc) is 3.45. The molecule has 1 saturated heterocycles. The molecule has 1 amide bonds. The summed E-state index contributed by atoms with van der Waals surface area (Å²) in [4.78, 5) is 18.9. The first-order valence-electron chi connectivity index (χ1n) is 10.7. The van der Waals surface area contributed by atoms with Gasteiger partial charge in [0.2, 0.25) is 17.6 Å². The molecule has 0 spiro atoms. The predicted molar refractivity (Wildman–Crippen MR) is 118 cm³/mol. The molecule has 0 bridgehead atoms. The summed E-state index contributed by atoms with van der Waals surface area (Å²) in [7, 11) is 3.16. The van der Waals surface area contributed by atoms with Gasteiger partial charge in [0.05, 0.1) is 26.7 Å². The molecule has 0 aliphatic carbocycles. The van der Waals surface area contributed by atoms with Crippen molar-refractivity contribution in [2.75, 3.05) is 27.4 Å². The number of hydrogen-bond acceptors (Lipinski definition) is 7. The Morgan fingerprint density at radius 3 is 2.59 bits per heavy atom. The number of carbonyl (C=O) groups is 1. The number of ether oxygens (including phenoxy) is 3. The van der Waals surface area contributed by atoms with Gasteiger partial charge in [0, 0.05) is 25.1 Å². The summed E-state index contributed by atoms with van der Waals surface area (Å²) in [5, 5.41) is 4.10. The number of aromatic nitrogens is 2. The van der Waals surface area contributed by atoms with Gasteiger partial charge in [0.25, 0.3) is 0 Å². The molecule has 1 aromatic heterocycles. The zero-order valence-electron chi connectivity index (χ0n) is 18.5. The highest BCUT2D eigenvalue weighted by atomic mass is 16.5. The molecule has 2 aromatic carbocycles. The zero-order valence-corrected chi connectivity index (χ0v) is 18.5. The smallest absolute Gasteiger partial charge is 0.232 e. The van der Waals surface area contributed by atoms with Crippen molar-refractivity contribution in [2.45, 2.75) is 32.2 Å². The lowest BCUT2D eigenvalue weighted by molar-refractivity contribution is -0.128.